The van der Waals surface area contributed by atoms with Crippen LogP contribution < -0.4 is 10.1 Å². The first-order valence-corrected chi connectivity index (χ1v) is 11.9. The number of benzene rings is 2. The van der Waals surface area contributed by atoms with Crippen molar-refractivity contribution in [1.29, 1.82) is 0 Å². The van der Waals surface area contributed by atoms with E-state index in [0.29, 0.717) is 0 Å². The van der Waals surface area contributed by atoms with Crippen LogP contribution >= 0.6 is 0 Å². The quantitative estimate of drug-likeness (QED) is 0.680. The lowest BCUT2D eigenvalue weighted by Crippen LogP contribution is -2.47. The normalized spacial score (nSPS) is 21.2. The summed E-state index contributed by atoms with van der Waals surface area (Å²) in [6.45, 7) is 9.40. The largest absolute Gasteiger partial charge is 0.487 e. The predicted octanol–water partition coefficient (Wildman–Crippen LogP) is 5.41. The van der Waals surface area contributed by atoms with E-state index in [-0.39, 0.29) is 23.5 Å². The summed E-state index contributed by atoms with van der Waals surface area (Å²) in [5.41, 5.74) is 3.57. The summed E-state index contributed by atoms with van der Waals surface area (Å²) in [6.07, 6.45) is 4.59. The van der Waals surface area contributed by atoms with Crippen LogP contribution in [0, 0.1) is 12.8 Å². The zero-order valence-electron chi connectivity index (χ0n) is 19.2. The minimum absolute atomic E-state index is 0.0305. The molecular weight excluding hydrogens is 384 g/mol. The molecule has 0 bridgehead atoms. The number of piperidine rings is 1. The van der Waals surface area contributed by atoms with E-state index >= 15 is 0 Å². The van der Waals surface area contributed by atoms with Gasteiger partial charge in [-0.15, -0.1) is 0 Å². The number of aryl methyl sites for hydroxylation is 1. The zero-order chi connectivity index (χ0) is 21.8. The van der Waals surface area contributed by atoms with Crippen LogP contribution in [-0.2, 0) is 11.3 Å². The fourth-order valence-electron chi connectivity index (χ4n) is 5.02. The summed E-state index contributed by atoms with van der Waals surface area (Å²) >= 11 is 0. The van der Waals surface area contributed by atoms with E-state index in [4.69, 9.17) is 4.74 Å². The van der Waals surface area contributed by atoms with Crippen LogP contribution in [0.4, 0.5) is 0 Å². The number of likely N-dealkylation sites (tertiary alicyclic amines) is 1. The number of hydrogen-bond donors (Lipinski definition) is 1. The molecule has 2 aliphatic heterocycles. The zero-order valence-corrected chi connectivity index (χ0v) is 19.2. The molecule has 0 spiro atoms. The topological polar surface area (TPSA) is 41.6 Å². The van der Waals surface area contributed by atoms with Gasteiger partial charge in [0.1, 0.15) is 11.4 Å². The fourth-order valence-corrected chi connectivity index (χ4v) is 5.02. The first-order chi connectivity index (χ1) is 15.0. The van der Waals surface area contributed by atoms with Crippen molar-refractivity contribution in [2.75, 3.05) is 13.1 Å². The molecule has 166 valence electrons. The Labute approximate surface area is 187 Å². The number of para-hydroxylation sites is 1. The number of ether oxygens (including phenoxy) is 1. The third kappa shape index (κ3) is 4.95. The molecule has 0 radical (unpaired) electrons. The number of amides is 1. The van der Waals surface area contributed by atoms with E-state index < -0.39 is 0 Å². The molecule has 1 amide bonds. The van der Waals surface area contributed by atoms with Crippen LogP contribution in [0.5, 0.6) is 5.75 Å². The molecule has 0 saturated carbocycles. The highest BCUT2D eigenvalue weighted by atomic mass is 16.5. The number of nitrogens with one attached hydrogen (secondary N) is 1. The molecule has 1 saturated heterocycles. The maximum absolute atomic E-state index is 13.2. The molecule has 31 heavy (non-hydrogen) atoms. The highest BCUT2D eigenvalue weighted by Gasteiger charge is 2.39. The summed E-state index contributed by atoms with van der Waals surface area (Å²) < 4.78 is 6.40. The first-order valence-electron chi connectivity index (χ1n) is 11.9. The third-order valence-electron chi connectivity index (χ3n) is 7.29. The van der Waals surface area contributed by atoms with Crippen molar-refractivity contribution < 1.29 is 9.53 Å². The van der Waals surface area contributed by atoms with Gasteiger partial charge in [0, 0.05) is 24.4 Å². The SMILES string of the molecule is CCC1(CC)C[C@H](NC(=O)C2CCN(Cc3ccc(C)cc3)CC2)c2ccccc2O1. The van der Waals surface area contributed by atoms with Crippen molar-refractivity contribution in [2.45, 2.75) is 71.1 Å². The van der Waals surface area contributed by atoms with Gasteiger partial charge in [-0.1, -0.05) is 61.9 Å². The van der Waals surface area contributed by atoms with E-state index in [1.807, 2.05) is 18.2 Å². The van der Waals surface area contributed by atoms with E-state index in [2.05, 4.69) is 61.3 Å². The molecule has 4 heteroatoms. The smallest absolute Gasteiger partial charge is 0.223 e. The minimum Gasteiger partial charge on any atom is -0.487 e. The fraction of sp³-hybridized carbons (Fsp3) is 0.519. The van der Waals surface area contributed by atoms with Gasteiger partial charge >= 0.3 is 0 Å². The molecule has 1 N–H and O–H groups in total. The van der Waals surface area contributed by atoms with Crippen molar-refractivity contribution in [1.82, 2.24) is 10.2 Å². The first kappa shape index (κ1) is 21.9. The monoisotopic (exact) mass is 420 g/mol. The average Bonchev–Trinajstić information content (AvgIpc) is 2.81. The maximum Gasteiger partial charge on any atom is 0.223 e. The summed E-state index contributed by atoms with van der Waals surface area (Å²) in [5, 5.41) is 3.40. The van der Waals surface area contributed by atoms with Crippen molar-refractivity contribution in [2.24, 2.45) is 5.92 Å². The Balaban J connectivity index is 1.36. The molecule has 1 atom stereocenters. The number of carbonyl (C=O) groups excluding carboxylic acids is 1. The van der Waals surface area contributed by atoms with Gasteiger partial charge in [0.15, 0.2) is 0 Å². The second-order valence-electron chi connectivity index (χ2n) is 9.33. The Bertz CT molecular complexity index is 880. The van der Waals surface area contributed by atoms with Gasteiger partial charge in [-0.25, -0.2) is 0 Å². The van der Waals surface area contributed by atoms with Gasteiger partial charge in [0.2, 0.25) is 5.91 Å². The lowest BCUT2D eigenvalue weighted by molar-refractivity contribution is -0.128. The predicted molar refractivity (Wildman–Crippen MR) is 125 cm³/mol. The lowest BCUT2D eigenvalue weighted by Gasteiger charge is -2.42. The lowest BCUT2D eigenvalue weighted by atomic mass is 9.83. The van der Waals surface area contributed by atoms with Gasteiger partial charge < -0.3 is 10.1 Å². The number of carbonyl (C=O) groups is 1. The average molecular weight is 421 g/mol. The molecule has 0 unspecified atom stereocenters. The van der Waals surface area contributed by atoms with Crippen LogP contribution in [0.25, 0.3) is 0 Å². The molecule has 1 fully saturated rings. The van der Waals surface area contributed by atoms with Gasteiger partial charge in [-0.05, 0) is 57.3 Å². The van der Waals surface area contributed by atoms with E-state index in [1.54, 1.807) is 0 Å². The molecule has 2 aromatic carbocycles. The van der Waals surface area contributed by atoms with Gasteiger partial charge in [-0.3, -0.25) is 9.69 Å². The number of rotatable bonds is 6. The van der Waals surface area contributed by atoms with Crippen LogP contribution in [-0.4, -0.2) is 29.5 Å². The number of fused-ring (bicyclic) bond motifs is 1. The van der Waals surface area contributed by atoms with Gasteiger partial charge in [0.25, 0.3) is 0 Å². The standard InChI is InChI=1S/C27H36N2O2/c1-4-27(5-2)18-24(23-8-6-7-9-25(23)31-27)28-26(30)22-14-16-29(17-15-22)19-21-12-10-20(3)11-13-21/h6-13,22,24H,4-5,14-19H2,1-3H3,(H,28,30)/t24-/m0/s1. The van der Waals surface area contributed by atoms with Crippen LogP contribution in [0.2, 0.25) is 0 Å². The third-order valence-corrected chi connectivity index (χ3v) is 7.29. The summed E-state index contributed by atoms with van der Waals surface area (Å²) in [7, 11) is 0. The second-order valence-corrected chi connectivity index (χ2v) is 9.33. The highest BCUT2D eigenvalue weighted by Crippen LogP contribution is 2.42. The molecular formula is C27H36N2O2. The van der Waals surface area contributed by atoms with E-state index in [1.165, 1.54) is 11.1 Å². The van der Waals surface area contributed by atoms with Crippen LogP contribution in [0.1, 0.15) is 68.7 Å². The summed E-state index contributed by atoms with van der Waals surface area (Å²) in [6, 6.07) is 17.0. The molecule has 4 rings (SSSR count). The molecule has 2 aromatic rings. The molecule has 0 aromatic heterocycles. The number of hydrogen-bond acceptors (Lipinski definition) is 3. The van der Waals surface area contributed by atoms with Crippen molar-refractivity contribution in [3.05, 3.63) is 65.2 Å². The Kier molecular flexibility index (Phi) is 6.66. The van der Waals surface area contributed by atoms with Crippen molar-refractivity contribution in [3.8, 4) is 5.75 Å². The maximum atomic E-state index is 13.2. The van der Waals surface area contributed by atoms with Crippen molar-refractivity contribution in [3.63, 3.8) is 0 Å². The Morgan fingerprint density at radius 1 is 1.06 bits per heavy atom. The molecule has 2 aliphatic rings. The Morgan fingerprint density at radius 2 is 1.74 bits per heavy atom. The summed E-state index contributed by atoms with van der Waals surface area (Å²) in [4.78, 5) is 15.7. The van der Waals surface area contributed by atoms with Crippen molar-refractivity contribution >= 4 is 5.91 Å². The highest BCUT2D eigenvalue weighted by molar-refractivity contribution is 5.79. The van der Waals surface area contributed by atoms with Crippen LogP contribution in [0.15, 0.2) is 48.5 Å². The summed E-state index contributed by atoms with van der Waals surface area (Å²) in [5.74, 6) is 1.23. The minimum atomic E-state index is -0.191. The van der Waals surface area contributed by atoms with E-state index in [9.17, 15) is 4.79 Å². The second kappa shape index (κ2) is 9.44. The number of nitrogens with zero attached hydrogens (tertiary/aromatic N) is 1. The Morgan fingerprint density at radius 3 is 2.42 bits per heavy atom. The molecule has 2 heterocycles. The molecule has 4 nitrogen and oxygen atoms in total. The Hall–Kier alpha value is -2.33. The molecule has 0 aliphatic carbocycles. The van der Waals surface area contributed by atoms with Gasteiger partial charge in [-0.2, -0.15) is 0 Å². The van der Waals surface area contributed by atoms with Crippen LogP contribution in [0.3, 0.4) is 0 Å². The van der Waals surface area contributed by atoms with E-state index in [0.717, 1.165) is 63.1 Å². The van der Waals surface area contributed by atoms with Gasteiger partial charge in [0.05, 0.1) is 6.04 Å².